The Morgan fingerprint density at radius 1 is 1.29 bits per heavy atom. The second-order valence-corrected chi connectivity index (χ2v) is 3.95. The molecule has 0 atom stereocenters. The summed E-state index contributed by atoms with van der Waals surface area (Å²) in [5.41, 5.74) is 1.40. The maximum atomic E-state index is 10.0. The summed E-state index contributed by atoms with van der Waals surface area (Å²) < 4.78 is 10.4. The van der Waals surface area contributed by atoms with Gasteiger partial charge in [0.25, 0.3) is 0 Å². The number of benzene rings is 1. The van der Waals surface area contributed by atoms with Crippen LogP contribution in [0.3, 0.4) is 0 Å². The Balaban J connectivity index is 2.00. The molecule has 1 saturated heterocycles. The number of hydrogen-bond donors (Lipinski definition) is 1. The number of aliphatic hydroxyl groups is 1. The van der Waals surface area contributed by atoms with E-state index in [0.717, 1.165) is 24.3 Å². The van der Waals surface area contributed by atoms with Crippen LogP contribution in [0.5, 0.6) is 5.75 Å². The van der Waals surface area contributed by atoms with Crippen molar-refractivity contribution in [1.29, 1.82) is 0 Å². The van der Waals surface area contributed by atoms with Crippen LogP contribution in [0.2, 0.25) is 0 Å². The lowest BCUT2D eigenvalue weighted by Crippen LogP contribution is -2.46. The van der Waals surface area contributed by atoms with Gasteiger partial charge in [0.05, 0.1) is 19.8 Å². The molecule has 2 aliphatic heterocycles. The summed E-state index contributed by atoms with van der Waals surface area (Å²) in [4.78, 5) is 0. The molecule has 0 unspecified atom stereocenters. The second-order valence-electron chi connectivity index (χ2n) is 3.95. The Kier molecular flexibility index (Phi) is 1.60. The average molecular weight is 192 g/mol. The fraction of sp³-hybridized carbons (Fsp3) is 0.455. The Morgan fingerprint density at radius 2 is 2.14 bits per heavy atom. The molecule has 1 aromatic rings. The fourth-order valence-corrected chi connectivity index (χ4v) is 1.94. The first-order valence-electron chi connectivity index (χ1n) is 4.84. The van der Waals surface area contributed by atoms with Crippen LogP contribution in [0.1, 0.15) is 11.1 Å². The highest BCUT2D eigenvalue weighted by Crippen LogP contribution is 2.34. The molecule has 14 heavy (non-hydrogen) atoms. The van der Waals surface area contributed by atoms with Gasteiger partial charge in [-0.1, -0.05) is 6.07 Å². The van der Waals surface area contributed by atoms with Crippen LogP contribution in [0.15, 0.2) is 18.2 Å². The molecule has 0 radical (unpaired) electrons. The van der Waals surface area contributed by atoms with Crippen LogP contribution in [0.25, 0.3) is 0 Å². The van der Waals surface area contributed by atoms with E-state index in [2.05, 4.69) is 0 Å². The topological polar surface area (TPSA) is 38.7 Å². The molecule has 0 aliphatic carbocycles. The number of ether oxygens (including phenoxy) is 2. The Hall–Kier alpha value is -1.06. The van der Waals surface area contributed by atoms with E-state index in [4.69, 9.17) is 9.47 Å². The minimum absolute atomic E-state index is 0.409. The summed E-state index contributed by atoms with van der Waals surface area (Å²) >= 11 is 0. The zero-order valence-electron chi connectivity index (χ0n) is 7.82. The first kappa shape index (κ1) is 8.26. The van der Waals surface area contributed by atoms with Crippen LogP contribution in [0, 0.1) is 0 Å². The minimum atomic E-state index is -0.752. The first-order valence-corrected chi connectivity index (χ1v) is 4.84. The van der Waals surface area contributed by atoms with Gasteiger partial charge in [-0.3, -0.25) is 0 Å². The monoisotopic (exact) mass is 192 g/mol. The molecule has 1 aromatic carbocycles. The largest absolute Gasteiger partial charge is 0.493 e. The maximum Gasteiger partial charge on any atom is 0.136 e. The van der Waals surface area contributed by atoms with E-state index in [1.54, 1.807) is 0 Å². The van der Waals surface area contributed by atoms with Crippen molar-refractivity contribution in [2.75, 3.05) is 19.8 Å². The lowest BCUT2D eigenvalue weighted by molar-refractivity contribution is -0.184. The van der Waals surface area contributed by atoms with Crippen LogP contribution in [-0.4, -0.2) is 24.9 Å². The van der Waals surface area contributed by atoms with Gasteiger partial charge in [-0.2, -0.15) is 0 Å². The van der Waals surface area contributed by atoms with Crippen LogP contribution in [0.4, 0.5) is 0 Å². The Morgan fingerprint density at radius 3 is 2.86 bits per heavy atom. The van der Waals surface area contributed by atoms with Crippen LogP contribution in [-0.2, 0) is 16.8 Å². The predicted octanol–water partition coefficient (Wildman–Crippen LogP) is 0.839. The van der Waals surface area contributed by atoms with E-state index in [1.807, 2.05) is 18.2 Å². The molecule has 1 fully saturated rings. The Bertz CT molecular complexity index is 369. The normalized spacial score (nSPS) is 22.4. The van der Waals surface area contributed by atoms with E-state index < -0.39 is 5.60 Å². The van der Waals surface area contributed by atoms with Crippen LogP contribution >= 0.6 is 0 Å². The van der Waals surface area contributed by atoms with E-state index in [9.17, 15) is 5.11 Å². The third-order valence-corrected chi connectivity index (χ3v) is 2.91. The summed E-state index contributed by atoms with van der Waals surface area (Å²) in [6.07, 6.45) is 0.945. The molecule has 3 rings (SSSR count). The molecule has 3 nitrogen and oxygen atoms in total. The first-order chi connectivity index (χ1) is 6.78. The smallest absolute Gasteiger partial charge is 0.136 e. The van der Waals surface area contributed by atoms with Crippen molar-refractivity contribution in [3.05, 3.63) is 29.3 Å². The average Bonchev–Trinajstić information content (AvgIpc) is 2.60. The fourth-order valence-electron chi connectivity index (χ4n) is 1.94. The van der Waals surface area contributed by atoms with Gasteiger partial charge in [0.1, 0.15) is 11.4 Å². The summed E-state index contributed by atoms with van der Waals surface area (Å²) in [5.74, 6) is 0.956. The molecule has 0 spiro atoms. The minimum Gasteiger partial charge on any atom is -0.493 e. The van der Waals surface area contributed by atoms with Crippen molar-refractivity contribution >= 4 is 0 Å². The van der Waals surface area contributed by atoms with Gasteiger partial charge in [0.15, 0.2) is 0 Å². The highest BCUT2D eigenvalue weighted by Gasteiger charge is 2.38. The van der Waals surface area contributed by atoms with Gasteiger partial charge in [0.2, 0.25) is 0 Å². The van der Waals surface area contributed by atoms with Gasteiger partial charge >= 0.3 is 0 Å². The van der Waals surface area contributed by atoms with E-state index in [-0.39, 0.29) is 0 Å². The number of fused-ring (bicyclic) bond motifs is 1. The standard InChI is InChI=1S/C11H12O3/c12-11(6-13-7-11)9-1-2-10-8(5-9)3-4-14-10/h1-2,5,12H,3-4,6-7H2. The summed E-state index contributed by atoms with van der Waals surface area (Å²) in [7, 11) is 0. The molecule has 0 aromatic heterocycles. The molecule has 2 heterocycles. The zero-order chi connectivity index (χ0) is 9.60. The number of rotatable bonds is 1. The van der Waals surface area contributed by atoms with Gasteiger partial charge in [-0.15, -0.1) is 0 Å². The van der Waals surface area contributed by atoms with E-state index in [0.29, 0.717) is 13.2 Å². The van der Waals surface area contributed by atoms with Crippen molar-refractivity contribution in [1.82, 2.24) is 0 Å². The SMILES string of the molecule is OC1(c2ccc3c(c2)CCO3)COC1. The van der Waals surface area contributed by atoms with Gasteiger partial charge in [0, 0.05) is 6.42 Å². The zero-order valence-corrected chi connectivity index (χ0v) is 7.82. The molecule has 0 saturated carbocycles. The third-order valence-electron chi connectivity index (χ3n) is 2.91. The highest BCUT2D eigenvalue weighted by molar-refractivity contribution is 5.42. The molecule has 3 heteroatoms. The van der Waals surface area contributed by atoms with Crippen LogP contribution < -0.4 is 4.74 Å². The van der Waals surface area contributed by atoms with Crippen molar-refractivity contribution in [2.24, 2.45) is 0 Å². The second kappa shape index (κ2) is 2.72. The van der Waals surface area contributed by atoms with Gasteiger partial charge < -0.3 is 14.6 Å². The molecule has 2 aliphatic rings. The third kappa shape index (κ3) is 1.06. The highest BCUT2D eigenvalue weighted by atomic mass is 16.5. The van der Waals surface area contributed by atoms with E-state index in [1.165, 1.54) is 5.56 Å². The molecular formula is C11H12O3. The quantitative estimate of drug-likeness (QED) is 0.716. The molecule has 74 valence electrons. The number of hydrogen-bond acceptors (Lipinski definition) is 3. The van der Waals surface area contributed by atoms with E-state index >= 15 is 0 Å². The summed E-state index contributed by atoms with van der Waals surface area (Å²) in [5, 5.41) is 10.0. The van der Waals surface area contributed by atoms with Crippen molar-refractivity contribution in [2.45, 2.75) is 12.0 Å². The lowest BCUT2D eigenvalue weighted by atomic mass is 9.90. The molecule has 1 N–H and O–H groups in total. The maximum absolute atomic E-state index is 10.0. The van der Waals surface area contributed by atoms with Crippen molar-refractivity contribution in [3.63, 3.8) is 0 Å². The summed E-state index contributed by atoms with van der Waals surface area (Å²) in [6, 6.07) is 5.89. The molecule has 0 bridgehead atoms. The Labute approximate surface area is 82.3 Å². The lowest BCUT2D eigenvalue weighted by Gasteiger charge is -2.36. The van der Waals surface area contributed by atoms with Crippen molar-refractivity contribution < 1.29 is 14.6 Å². The molecule has 0 amide bonds. The predicted molar refractivity (Wildman–Crippen MR) is 50.4 cm³/mol. The van der Waals surface area contributed by atoms with Gasteiger partial charge in [-0.25, -0.2) is 0 Å². The van der Waals surface area contributed by atoms with Crippen molar-refractivity contribution in [3.8, 4) is 5.75 Å². The molecular weight excluding hydrogens is 180 g/mol. The summed E-state index contributed by atoms with van der Waals surface area (Å²) in [6.45, 7) is 1.58. The van der Waals surface area contributed by atoms with Gasteiger partial charge in [-0.05, 0) is 23.3 Å².